The first-order valence-electron chi connectivity index (χ1n) is 15.8. The average Bonchev–Trinajstić information content (AvgIpc) is 3.68. The molecule has 1 saturated heterocycles. The molecule has 1 aromatic carbocycles. The number of rotatable bonds is 8. The molecule has 232 valence electrons. The minimum absolute atomic E-state index is 0.0393. The predicted octanol–water partition coefficient (Wildman–Crippen LogP) is 6.72. The summed E-state index contributed by atoms with van der Waals surface area (Å²) in [5, 5.41) is 23.2. The van der Waals surface area contributed by atoms with Gasteiger partial charge in [0.1, 0.15) is 17.9 Å². The second kappa shape index (κ2) is 12.5. The quantitative estimate of drug-likeness (QED) is 0.149. The summed E-state index contributed by atoms with van der Waals surface area (Å²) in [7, 11) is 0. The molecule has 4 N–H and O–H groups in total. The van der Waals surface area contributed by atoms with Crippen LogP contribution in [-0.4, -0.2) is 49.6 Å². The van der Waals surface area contributed by atoms with Crippen LogP contribution in [0.2, 0.25) is 5.02 Å². The van der Waals surface area contributed by atoms with E-state index < -0.39 is 5.82 Å². The molecule has 0 radical (unpaired) electrons. The summed E-state index contributed by atoms with van der Waals surface area (Å²) in [6.45, 7) is 0.995. The van der Waals surface area contributed by atoms with Crippen LogP contribution in [0.1, 0.15) is 69.6 Å². The number of nitrogens with one attached hydrogen (secondary N) is 1. The Morgan fingerprint density at radius 3 is 2.68 bits per heavy atom. The Labute approximate surface area is 261 Å². The van der Waals surface area contributed by atoms with Gasteiger partial charge in [0.25, 0.3) is 0 Å². The molecule has 2 aliphatic carbocycles. The minimum atomic E-state index is -0.434. The van der Waals surface area contributed by atoms with E-state index in [2.05, 4.69) is 21.5 Å². The van der Waals surface area contributed by atoms with Crippen molar-refractivity contribution in [1.29, 1.82) is 0 Å². The number of anilines is 1. The maximum Gasteiger partial charge on any atom is 0.150 e. The molecule has 3 unspecified atom stereocenters. The molecular weight excluding hydrogens is 581 g/mol. The maximum atomic E-state index is 14.1. The lowest BCUT2D eigenvalue weighted by Crippen LogP contribution is -2.45. The zero-order valence-corrected chi connectivity index (χ0v) is 25.5. The fourth-order valence-electron chi connectivity index (χ4n) is 7.59. The average molecular weight is 620 g/mol. The van der Waals surface area contributed by atoms with Gasteiger partial charge < -0.3 is 20.9 Å². The number of halogens is 2. The fraction of sp³-hybridized carbons (Fsp3) is 0.485. The number of benzene rings is 1. The lowest BCUT2D eigenvalue weighted by molar-refractivity contribution is -0.0394. The van der Waals surface area contributed by atoms with Crippen molar-refractivity contribution < 1.29 is 14.2 Å². The van der Waals surface area contributed by atoms with Crippen molar-refractivity contribution in [1.82, 2.24) is 19.4 Å². The lowest BCUT2D eigenvalue weighted by Gasteiger charge is -2.46. The molecule has 3 fully saturated rings. The van der Waals surface area contributed by atoms with E-state index in [1.165, 1.54) is 24.6 Å². The molecule has 9 nitrogen and oxygen atoms in total. The number of nitrogens with zero attached hydrogens (tertiary/aromatic N) is 5. The Bertz CT molecular complexity index is 1650. The van der Waals surface area contributed by atoms with E-state index >= 15 is 0 Å². The van der Waals surface area contributed by atoms with E-state index in [1.54, 1.807) is 6.20 Å². The maximum absolute atomic E-state index is 14.1. The highest BCUT2D eigenvalue weighted by Gasteiger charge is 2.40. The molecule has 11 heteroatoms. The van der Waals surface area contributed by atoms with Gasteiger partial charge in [-0.05, 0) is 87.3 Å². The molecule has 3 aliphatic rings. The van der Waals surface area contributed by atoms with Gasteiger partial charge in [0, 0.05) is 48.8 Å². The normalized spacial score (nSPS) is 25.8. The van der Waals surface area contributed by atoms with E-state index in [9.17, 15) is 9.50 Å². The number of aliphatic imine (C=N–C) groups is 1. The zero-order chi connectivity index (χ0) is 30.2. The SMILES string of the molecule is NC(=Nc1cc(F)ccc1Cl)c1cnn2cc(-c3cnn(C4CCCCO4)c3)cc2c1NC1C2CCCC1CC(CCO)C2. The number of ether oxygens (including phenoxy) is 1. The molecule has 2 bridgehead atoms. The number of nitrogens with two attached hydrogens (primary N) is 1. The summed E-state index contributed by atoms with van der Waals surface area (Å²) in [5.74, 6) is 1.32. The van der Waals surface area contributed by atoms with Gasteiger partial charge in [-0.1, -0.05) is 18.0 Å². The minimum Gasteiger partial charge on any atom is -0.396 e. The van der Waals surface area contributed by atoms with Crippen LogP contribution >= 0.6 is 11.6 Å². The zero-order valence-electron chi connectivity index (χ0n) is 24.7. The first kappa shape index (κ1) is 29.3. The first-order chi connectivity index (χ1) is 21.5. The van der Waals surface area contributed by atoms with Crippen LogP contribution in [-0.2, 0) is 4.74 Å². The highest BCUT2D eigenvalue weighted by atomic mass is 35.5. The molecule has 44 heavy (non-hydrogen) atoms. The van der Waals surface area contributed by atoms with Crippen LogP contribution in [0.25, 0.3) is 16.6 Å². The monoisotopic (exact) mass is 619 g/mol. The topological polar surface area (TPSA) is 115 Å². The summed E-state index contributed by atoms with van der Waals surface area (Å²) < 4.78 is 23.8. The molecule has 2 saturated carbocycles. The number of amidine groups is 1. The van der Waals surface area contributed by atoms with Gasteiger partial charge in [0.2, 0.25) is 0 Å². The Kier molecular flexibility index (Phi) is 8.31. The smallest absolute Gasteiger partial charge is 0.150 e. The van der Waals surface area contributed by atoms with Crippen LogP contribution < -0.4 is 11.1 Å². The molecule has 4 aromatic rings. The van der Waals surface area contributed by atoms with Crippen molar-refractivity contribution in [3.8, 4) is 11.1 Å². The lowest BCUT2D eigenvalue weighted by atomic mass is 9.64. The van der Waals surface area contributed by atoms with Gasteiger partial charge in [-0.2, -0.15) is 10.2 Å². The summed E-state index contributed by atoms with van der Waals surface area (Å²) in [6, 6.07) is 6.43. The van der Waals surface area contributed by atoms with Gasteiger partial charge >= 0.3 is 0 Å². The number of hydrogen-bond acceptors (Lipinski definition) is 6. The summed E-state index contributed by atoms with van der Waals surface area (Å²) >= 11 is 6.35. The van der Waals surface area contributed by atoms with E-state index in [0.717, 1.165) is 80.3 Å². The van der Waals surface area contributed by atoms with Crippen LogP contribution in [0.15, 0.2) is 54.0 Å². The summed E-state index contributed by atoms with van der Waals surface area (Å²) in [6.07, 6.45) is 17.4. The van der Waals surface area contributed by atoms with Crippen molar-refractivity contribution in [2.24, 2.45) is 28.5 Å². The van der Waals surface area contributed by atoms with Crippen LogP contribution in [0.4, 0.5) is 15.8 Å². The highest BCUT2D eigenvalue weighted by Crippen LogP contribution is 2.46. The standard InChI is InChI=1S/C33H39ClFN7O2/c34-27-8-7-25(35)15-28(27)39-33(36)26-17-38-41-18-23(24-16-37-42(19-24)30-6-1-2-11-44-30)14-29(41)32(26)40-31-21-4-3-5-22(31)13-20(12-21)9-10-43/h7-8,14-22,30-31,40,43H,1-6,9-13H2,(H2,36,39). The third-order valence-electron chi connectivity index (χ3n) is 9.73. The number of aliphatic hydroxyl groups excluding tert-OH is 1. The van der Waals surface area contributed by atoms with Gasteiger partial charge in [0.05, 0.1) is 39.9 Å². The van der Waals surface area contributed by atoms with Crippen LogP contribution in [0, 0.1) is 23.6 Å². The number of hydrogen-bond donors (Lipinski definition) is 3. The number of aliphatic hydroxyl groups is 1. The van der Waals surface area contributed by atoms with Crippen LogP contribution in [0.5, 0.6) is 0 Å². The first-order valence-corrected chi connectivity index (χ1v) is 16.2. The highest BCUT2D eigenvalue weighted by molar-refractivity contribution is 6.33. The largest absolute Gasteiger partial charge is 0.396 e. The third kappa shape index (κ3) is 5.82. The van der Waals surface area contributed by atoms with Crippen molar-refractivity contribution in [3.63, 3.8) is 0 Å². The van der Waals surface area contributed by atoms with Crippen molar-refractivity contribution in [2.75, 3.05) is 18.5 Å². The molecule has 0 amide bonds. The molecular formula is C33H39ClFN7O2. The summed E-state index contributed by atoms with van der Waals surface area (Å²) in [5.41, 5.74) is 11.2. The molecule has 0 spiro atoms. The van der Waals surface area contributed by atoms with E-state index in [4.69, 9.17) is 27.2 Å². The molecule has 7 rings (SSSR count). The number of aromatic nitrogens is 4. The predicted molar refractivity (Wildman–Crippen MR) is 170 cm³/mol. The van der Waals surface area contributed by atoms with Gasteiger partial charge in [-0.25, -0.2) is 18.6 Å². The Hall–Kier alpha value is -3.47. The van der Waals surface area contributed by atoms with Crippen molar-refractivity contribution in [2.45, 2.75) is 70.1 Å². The molecule has 4 heterocycles. The van der Waals surface area contributed by atoms with Crippen LogP contribution in [0.3, 0.4) is 0 Å². The van der Waals surface area contributed by atoms with Crippen molar-refractivity contribution >= 4 is 34.3 Å². The second-order valence-corrected chi connectivity index (χ2v) is 13.0. The number of fused-ring (bicyclic) bond motifs is 3. The molecule has 3 atom stereocenters. The van der Waals surface area contributed by atoms with Gasteiger partial charge in [-0.15, -0.1) is 0 Å². The van der Waals surface area contributed by atoms with Gasteiger partial charge in [0.15, 0.2) is 0 Å². The molecule has 3 aromatic heterocycles. The van der Waals surface area contributed by atoms with E-state index in [0.29, 0.717) is 28.3 Å². The molecule has 1 aliphatic heterocycles. The van der Waals surface area contributed by atoms with E-state index in [1.807, 2.05) is 27.8 Å². The van der Waals surface area contributed by atoms with E-state index in [-0.39, 0.29) is 30.4 Å². The Morgan fingerprint density at radius 1 is 1.07 bits per heavy atom. The Balaban J connectivity index is 1.28. The fourth-order valence-corrected chi connectivity index (χ4v) is 7.75. The van der Waals surface area contributed by atoms with Gasteiger partial charge in [-0.3, -0.25) is 0 Å². The second-order valence-electron chi connectivity index (χ2n) is 12.6. The Morgan fingerprint density at radius 2 is 1.91 bits per heavy atom. The summed E-state index contributed by atoms with van der Waals surface area (Å²) in [4.78, 5) is 4.56. The van der Waals surface area contributed by atoms with Crippen molar-refractivity contribution in [3.05, 3.63) is 65.5 Å². The third-order valence-corrected chi connectivity index (χ3v) is 10.1.